The van der Waals surface area contributed by atoms with Gasteiger partial charge in [-0.1, -0.05) is 25.7 Å². The van der Waals surface area contributed by atoms with Crippen molar-refractivity contribution in [2.24, 2.45) is 11.8 Å². The lowest BCUT2D eigenvalue weighted by atomic mass is 9.90. The van der Waals surface area contributed by atoms with Gasteiger partial charge in [-0.2, -0.15) is 0 Å². The van der Waals surface area contributed by atoms with Crippen LogP contribution in [0.2, 0.25) is 0 Å². The fraction of sp³-hybridized carbons (Fsp3) is 0.692. The number of ether oxygens (including phenoxy) is 1. The second-order valence-electron chi connectivity index (χ2n) is 4.85. The molecule has 1 fully saturated rings. The first-order valence-electron chi connectivity index (χ1n) is 6.68. The van der Waals surface area contributed by atoms with Gasteiger partial charge in [0.15, 0.2) is 0 Å². The van der Waals surface area contributed by atoms with Gasteiger partial charge in [0.05, 0.1) is 13.2 Å². The molecule has 2 rings (SSSR count). The van der Waals surface area contributed by atoms with Crippen molar-refractivity contribution in [3.05, 3.63) is 18.1 Å². The van der Waals surface area contributed by atoms with Crippen LogP contribution in [0.5, 0.6) is 5.88 Å². The lowest BCUT2D eigenvalue weighted by Crippen LogP contribution is -2.34. The summed E-state index contributed by atoms with van der Waals surface area (Å²) in [4.78, 5) is 8.60. The Morgan fingerprint density at radius 2 is 1.89 bits per heavy atom. The molecule has 0 bridgehead atoms. The van der Waals surface area contributed by atoms with Crippen LogP contribution in [-0.4, -0.2) is 17.1 Å². The Morgan fingerprint density at radius 3 is 2.50 bits per heavy atom. The van der Waals surface area contributed by atoms with E-state index in [0.29, 0.717) is 11.8 Å². The third-order valence-electron chi connectivity index (χ3n) is 3.73. The zero-order chi connectivity index (χ0) is 12.8. The Kier molecular flexibility index (Phi) is 4.90. The van der Waals surface area contributed by atoms with E-state index in [1.807, 2.05) is 0 Å². The van der Waals surface area contributed by atoms with Gasteiger partial charge in [-0.15, -0.1) is 0 Å². The average molecular weight is 250 g/mol. The largest absolute Gasteiger partial charge is 0.480 e. The first-order valence-corrected chi connectivity index (χ1v) is 6.68. The number of hydrogen-bond acceptors (Lipinski definition) is 5. The highest BCUT2D eigenvalue weighted by molar-refractivity contribution is 5.21. The maximum absolute atomic E-state index is 5.74. The maximum Gasteiger partial charge on any atom is 0.237 e. The molecule has 5 nitrogen and oxygen atoms in total. The normalized spacial score (nSPS) is 19.2. The Balaban J connectivity index is 2.20. The van der Waals surface area contributed by atoms with E-state index in [4.69, 9.17) is 10.6 Å². The molecule has 1 unspecified atom stereocenters. The number of aromatic nitrogens is 2. The van der Waals surface area contributed by atoms with Gasteiger partial charge in [-0.05, 0) is 18.8 Å². The molecule has 0 saturated heterocycles. The monoisotopic (exact) mass is 250 g/mol. The summed E-state index contributed by atoms with van der Waals surface area (Å²) in [6.45, 7) is 0. The minimum absolute atomic E-state index is 0.0340. The zero-order valence-electron chi connectivity index (χ0n) is 10.9. The summed E-state index contributed by atoms with van der Waals surface area (Å²) in [6, 6.07) is 0.0340. The van der Waals surface area contributed by atoms with Crippen LogP contribution < -0.4 is 16.0 Å². The predicted molar refractivity (Wildman–Crippen MR) is 69.8 cm³/mol. The van der Waals surface area contributed by atoms with Crippen molar-refractivity contribution in [1.29, 1.82) is 0 Å². The number of hydrogen-bond donors (Lipinski definition) is 2. The van der Waals surface area contributed by atoms with E-state index in [9.17, 15) is 0 Å². The first kappa shape index (κ1) is 13.2. The smallest absolute Gasteiger partial charge is 0.237 e. The van der Waals surface area contributed by atoms with E-state index in [1.165, 1.54) is 38.5 Å². The molecule has 0 aliphatic heterocycles. The van der Waals surface area contributed by atoms with Gasteiger partial charge in [0.2, 0.25) is 5.88 Å². The maximum atomic E-state index is 5.74. The second kappa shape index (κ2) is 6.66. The number of nitrogens with one attached hydrogen (secondary N) is 1. The van der Waals surface area contributed by atoms with Gasteiger partial charge in [0.25, 0.3) is 0 Å². The SMILES string of the molecule is COc1nccnc1C(NN)C1CCCCCC1. The zero-order valence-corrected chi connectivity index (χ0v) is 10.9. The van der Waals surface area contributed by atoms with Gasteiger partial charge in [0, 0.05) is 12.4 Å². The molecule has 5 heteroatoms. The topological polar surface area (TPSA) is 73.1 Å². The molecule has 1 heterocycles. The molecule has 1 saturated carbocycles. The molecule has 1 atom stereocenters. The van der Waals surface area contributed by atoms with Crippen LogP contribution in [0.25, 0.3) is 0 Å². The fourth-order valence-electron chi connectivity index (χ4n) is 2.79. The summed E-state index contributed by atoms with van der Waals surface area (Å²) in [5.41, 5.74) is 3.74. The van der Waals surface area contributed by atoms with Crippen molar-refractivity contribution in [2.75, 3.05) is 7.11 Å². The van der Waals surface area contributed by atoms with Crippen molar-refractivity contribution in [2.45, 2.75) is 44.6 Å². The van der Waals surface area contributed by atoms with Gasteiger partial charge < -0.3 is 4.74 Å². The second-order valence-corrected chi connectivity index (χ2v) is 4.85. The highest BCUT2D eigenvalue weighted by Gasteiger charge is 2.27. The van der Waals surface area contributed by atoms with Gasteiger partial charge in [-0.25, -0.2) is 4.98 Å². The fourth-order valence-corrected chi connectivity index (χ4v) is 2.79. The van der Waals surface area contributed by atoms with Crippen molar-refractivity contribution in [1.82, 2.24) is 15.4 Å². The van der Waals surface area contributed by atoms with E-state index in [-0.39, 0.29) is 6.04 Å². The number of nitrogens with two attached hydrogens (primary N) is 1. The van der Waals surface area contributed by atoms with E-state index >= 15 is 0 Å². The van der Waals surface area contributed by atoms with Crippen LogP contribution in [0.3, 0.4) is 0 Å². The number of methoxy groups -OCH3 is 1. The molecule has 1 aliphatic rings. The highest BCUT2D eigenvalue weighted by Crippen LogP contribution is 2.34. The van der Waals surface area contributed by atoms with Gasteiger partial charge in [0.1, 0.15) is 5.69 Å². The molecule has 0 spiro atoms. The van der Waals surface area contributed by atoms with Crippen molar-refractivity contribution in [3.63, 3.8) is 0 Å². The molecule has 3 N–H and O–H groups in total. The number of hydrazine groups is 1. The van der Waals surface area contributed by atoms with Crippen LogP contribution in [0.4, 0.5) is 0 Å². The Labute approximate surface area is 108 Å². The molecule has 0 amide bonds. The number of nitrogens with zero attached hydrogens (tertiary/aromatic N) is 2. The van der Waals surface area contributed by atoms with Gasteiger partial charge >= 0.3 is 0 Å². The Morgan fingerprint density at radius 1 is 1.22 bits per heavy atom. The Bertz CT molecular complexity index is 364. The van der Waals surface area contributed by atoms with Crippen molar-refractivity contribution < 1.29 is 4.74 Å². The summed E-state index contributed by atoms with van der Waals surface area (Å²) in [5.74, 6) is 6.83. The minimum atomic E-state index is 0.0340. The molecule has 1 aromatic heterocycles. The van der Waals surface area contributed by atoms with Crippen LogP contribution in [0.15, 0.2) is 12.4 Å². The van der Waals surface area contributed by atoms with Crippen LogP contribution in [0.1, 0.15) is 50.3 Å². The van der Waals surface area contributed by atoms with E-state index in [1.54, 1.807) is 19.5 Å². The molecular weight excluding hydrogens is 228 g/mol. The highest BCUT2D eigenvalue weighted by atomic mass is 16.5. The molecule has 0 aromatic carbocycles. The van der Waals surface area contributed by atoms with E-state index in [0.717, 1.165) is 5.69 Å². The molecule has 1 aliphatic carbocycles. The molecular formula is C13H22N4O. The third kappa shape index (κ3) is 2.97. The van der Waals surface area contributed by atoms with Crippen LogP contribution >= 0.6 is 0 Å². The summed E-state index contributed by atoms with van der Waals surface area (Å²) in [5, 5.41) is 0. The average Bonchev–Trinajstić information content (AvgIpc) is 2.69. The molecule has 0 radical (unpaired) electrons. The Hall–Kier alpha value is -1.20. The molecule has 100 valence electrons. The van der Waals surface area contributed by atoms with E-state index < -0.39 is 0 Å². The standard InChI is InChI=1S/C13H22N4O/c1-18-13-12(15-8-9-16-13)11(17-14)10-6-4-2-3-5-7-10/h8-11,17H,2-7,14H2,1H3. The van der Waals surface area contributed by atoms with E-state index in [2.05, 4.69) is 15.4 Å². The third-order valence-corrected chi connectivity index (χ3v) is 3.73. The molecule has 18 heavy (non-hydrogen) atoms. The predicted octanol–water partition coefficient (Wildman–Crippen LogP) is 1.96. The van der Waals surface area contributed by atoms with Crippen molar-refractivity contribution >= 4 is 0 Å². The summed E-state index contributed by atoms with van der Waals surface area (Å²) >= 11 is 0. The summed E-state index contributed by atoms with van der Waals surface area (Å²) in [7, 11) is 1.62. The lowest BCUT2D eigenvalue weighted by Gasteiger charge is -2.25. The first-order chi connectivity index (χ1) is 8.86. The van der Waals surface area contributed by atoms with Gasteiger partial charge in [-0.3, -0.25) is 16.3 Å². The van der Waals surface area contributed by atoms with Crippen LogP contribution in [-0.2, 0) is 0 Å². The lowest BCUT2D eigenvalue weighted by molar-refractivity contribution is 0.304. The number of rotatable bonds is 4. The van der Waals surface area contributed by atoms with Crippen molar-refractivity contribution in [3.8, 4) is 5.88 Å². The summed E-state index contributed by atoms with van der Waals surface area (Å²) in [6.07, 6.45) is 10.9. The van der Waals surface area contributed by atoms with Crippen LogP contribution in [0, 0.1) is 5.92 Å². The summed E-state index contributed by atoms with van der Waals surface area (Å²) < 4.78 is 5.28. The minimum Gasteiger partial charge on any atom is -0.480 e. The quantitative estimate of drug-likeness (QED) is 0.485. The molecule has 1 aromatic rings.